The van der Waals surface area contributed by atoms with Gasteiger partial charge in [0.25, 0.3) is 5.91 Å². The number of aryl methyl sites for hydroxylation is 1. The number of rotatable bonds is 1. The first kappa shape index (κ1) is 14.1. The molecule has 1 aliphatic carbocycles. The van der Waals surface area contributed by atoms with E-state index in [4.69, 9.17) is 16.0 Å². The van der Waals surface area contributed by atoms with Crippen LogP contribution in [0.3, 0.4) is 0 Å². The van der Waals surface area contributed by atoms with Gasteiger partial charge in [0, 0.05) is 29.6 Å². The lowest BCUT2D eigenvalue weighted by Gasteiger charge is -2.32. The zero-order chi connectivity index (χ0) is 15.4. The van der Waals surface area contributed by atoms with Crippen molar-refractivity contribution in [3.63, 3.8) is 0 Å². The van der Waals surface area contributed by atoms with E-state index in [1.165, 1.54) is 12.8 Å². The van der Waals surface area contributed by atoms with Crippen LogP contribution in [-0.2, 0) is 0 Å². The SMILES string of the molecule is Cc1c(Cl)oc2cc(C(=O)N3CC4CC(C3)[C@@H](C)C4)ccc12. The molecule has 2 unspecified atom stereocenters. The summed E-state index contributed by atoms with van der Waals surface area (Å²) in [5.41, 5.74) is 2.33. The van der Waals surface area contributed by atoms with Crippen LogP contribution in [0, 0.1) is 24.7 Å². The predicted octanol–water partition coefficient (Wildman–Crippen LogP) is 4.51. The summed E-state index contributed by atoms with van der Waals surface area (Å²) < 4.78 is 5.54. The Labute approximate surface area is 135 Å². The van der Waals surface area contributed by atoms with Gasteiger partial charge in [0.1, 0.15) is 5.58 Å². The first-order valence-corrected chi connectivity index (χ1v) is 8.38. The molecule has 1 aromatic heterocycles. The van der Waals surface area contributed by atoms with E-state index in [9.17, 15) is 4.79 Å². The standard InChI is InChI=1S/C18H20ClNO2/c1-10-5-12-6-14(10)9-20(8-12)18(21)13-3-4-15-11(2)17(19)22-16(15)7-13/h3-4,7,10,12,14H,5-6,8-9H2,1-2H3/t10-,12?,14?/m0/s1. The normalized spacial score (nSPS) is 27.6. The lowest BCUT2D eigenvalue weighted by Crippen LogP contribution is -2.41. The Kier molecular flexibility index (Phi) is 3.23. The molecule has 1 aromatic carbocycles. The molecule has 0 radical (unpaired) electrons. The van der Waals surface area contributed by atoms with E-state index in [-0.39, 0.29) is 5.91 Å². The molecule has 1 amide bonds. The molecule has 2 aliphatic rings. The second-order valence-corrected chi connectivity index (χ2v) is 7.34. The molecule has 3 nitrogen and oxygen atoms in total. The Bertz CT molecular complexity index is 749. The summed E-state index contributed by atoms with van der Waals surface area (Å²) in [6.45, 7) is 6.04. The number of amides is 1. The number of halogens is 1. The fraction of sp³-hybridized carbons (Fsp3) is 0.500. The first-order chi connectivity index (χ1) is 10.5. The van der Waals surface area contributed by atoms with Gasteiger partial charge in [0.2, 0.25) is 0 Å². The third kappa shape index (κ3) is 2.14. The number of benzene rings is 1. The van der Waals surface area contributed by atoms with E-state index < -0.39 is 0 Å². The van der Waals surface area contributed by atoms with Gasteiger partial charge in [-0.1, -0.05) is 13.0 Å². The van der Waals surface area contributed by atoms with E-state index >= 15 is 0 Å². The van der Waals surface area contributed by atoms with Gasteiger partial charge in [-0.25, -0.2) is 0 Å². The summed E-state index contributed by atoms with van der Waals surface area (Å²) in [7, 11) is 0. The van der Waals surface area contributed by atoms with Crippen molar-refractivity contribution in [2.45, 2.75) is 26.7 Å². The zero-order valence-electron chi connectivity index (χ0n) is 12.9. The van der Waals surface area contributed by atoms with Gasteiger partial charge in [-0.3, -0.25) is 4.79 Å². The van der Waals surface area contributed by atoms with Crippen LogP contribution in [0.5, 0.6) is 0 Å². The highest BCUT2D eigenvalue weighted by Crippen LogP contribution is 2.41. The Balaban J connectivity index is 1.63. The van der Waals surface area contributed by atoms with E-state index in [2.05, 4.69) is 6.92 Å². The third-order valence-electron chi connectivity index (χ3n) is 5.49. The maximum absolute atomic E-state index is 12.8. The molecule has 2 bridgehead atoms. The minimum atomic E-state index is 0.121. The largest absolute Gasteiger partial charge is 0.444 e. The predicted molar refractivity (Wildman–Crippen MR) is 87.2 cm³/mol. The molecule has 22 heavy (non-hydrogen) atoms. The first-order valence-electron chi connectivity index (χ1n) is 8.01. The summed E-state index contributed by atoms with van der Waals surface area (Å²) in [4.78, 5) is 14.8. The van der Waals surface area contributed by atoms with E-state index in [1.54, 1.807) is 0 Å². The van der Waals surface area contributed by atoms with Crippen LogP contribution in [0.15, 0.2) is 22.6 Å². The van der Waals surface area contributed by atoms with Gasteiger partial charge in [0.15, 0.2) is 5.22 Å². The van der Waals surface area contributed by atoms with Gasteiger partial charge in [0.05, 0.1) is 0 Å². The van der Waals surface area contributed by atoms with Crippen LogP contribution in [0.25, 0.3) is 11.0 Å². The van der Waals surface area contributed by atoms with Crippen LogP contribution in [0.4, 0.5) is 0 Å². The Hall–Kier alpha value is -1.48. The molecule has 116 valence electrons. The minimum Gasteiger partial charge on any atom is -0.444 e. The average Bonchev–Trinajstić information content (AvgIpc) is 2.94. The lowest BCUT2D eigenvalue weighted by molar-refractivity contribution is 0.0654. The van der Waals surface area contributed by atoms with E-state index in [0.29, 0.717) is 28.2 Å². The molecule has 2 aromatic rings. The smallest absolute Gasteiger partial charge is 0.254 e. The van der Waals surface area contributed by atoms with Crippen molar-refractivity contribution >= 4 is 28.5 Å². The van der Waals surface area contributed by atoms with Crippen molar-refractivity contribution in [3.05, 3.63) is 34.5 Å². The fourth-order valence-corrected chi connectivity index (χ4v) is 4.41. The van der Waals surface area contributed by atoms with Crippen LogP contribution < -0.4 is 0 Å². The molecule has 2 heterocycles. The fourth-order valence-electron chi connectivity index (χ4n) is 4.22. The minimum absolute atomic E-state index is 0.121. The summed E-state index contributed by atoms with van der Waals surface area (Å²) >= 11 is 6.03. The van der Waals surface area contributed by atoms with Crippen molar-refractivity contribution in [3.8, 4) is 0 Å². The number of likely N-dealkylation sites (tertiary alicyclic amines) is 1. The Morgan fingerprint density at radius 2 is 2.14 bits per heavy atom. The number of nitrogens with zero attached hydrogens (tertiary/aromatic N) is 1. The van der Waals surface area contributed by atoms with Crippen LogP contribution in [0.1, 0.15) is 35.7 Å². The maximum atomic E-state index is 12.8. The molecule has 4 rings (SSSR count). The molecule has 1 saturated heterocycles. The number of fused-ring (bicyclic) bond motifs is 3. The van der Waals surface area contributed by atoms with Crippen LogP contribution in [0.2, 0.25) is 5.22 Å². The van der Waals surface area contributed by atoms with E-state index in [0.717, 1.165) is 30.0 Å². The number of hydrogen-bond acceptors (Lipinski definition) is 2. The van der Waals surface area contributed by atoms with Crippen molar-refractivity contribution in [2.75, 3.05) is 13.1 Å². The number of furan rings is 1. The average molecular weight is 318 g/mol. The molecule has 2 fully saturated rings. The maximum Gasteiger partial charge on any atom is 0.254 e. The molecule has 0 N–H and O–H groups in total. The zero-order valence-corrected chi connectivity index (χ0v) is 13.7. The topological polar surface area (TPSA) is 33.5 Å². The highest BCUT2D eigenvalue weighted by Gasteiger charge is 2.39. The third-order valence-corrected chi connectivity index (χ3v) is 5.85. The van der Waals surface area contributed by atoms with Gasteiger partial charge in [-0.05, 0) is 61.3 Å². The van der Waals surface area contributed by atoms with Crippen molar-refractivity contribution < 1.29 is 9.21 Å². The highest BCUT2D eigenvalue weighted by atomic mass is 35.5. The second kappa shape index (κ2) is 5.02. The van der Waals surface area contributed by atoms with Crippen LogP contribution in [-0.4, -0.2) is 23.9 Å². The molecule has 3 atom stereocenters. The van der Waals surface area contributed by atoms with E-state index in [1.807, 2.05) is 30.0 Å². The number of carbonyl (C=O) groups is 1. The number of carbonyl (C=O) groups excluding carboxylic acids is 1. The summed E-state index contributed by atoms with van der Waals surface area (Å²) in [5.74, 6) is 2.22. The highest BCUT2D eigenvalue weighted by molar-refractivity contribution is 6.30. The van der Waals surface area contributed by atoms with Gasteiger partial charge < -0.3 is 9.32 Å². The number of piperidine rings is 1. The Morgan fingerprint density at radius 3 is 2.91 bits per heavy atom. The van der Waals surface area contributed by atoms with Crippen molar-refractivity contribution in [1.29, 1.82) is 0 Å². The van der Waals surface area contributed by atoms with Crippen molar-refractivity contribution in [2.24, 2.45) is 17.8 Å². The van der Waals surface area contributed by atoms with Crippen LogP contribution >= 0.6 is 11.6 Å². The monoisotopic (exact) mass is 317 g/mol. The molecule has 0 spiro atoms. The molecule has 4 heteroatoms. The summed E-state index contributed by atoms with van der Waals surface area (Å²) in [6, 6.07) is 5.66. The second-order valence-electron chi connectivity index (χ2n) is 7.00. The molecular weight excluding hydrogens is 298 g/mol. The van der Waals surface area contributed by atoms with Gasteiger partial charge in [-0.2, -0.15) is 0 Å². The van der Waals surface area contributed by atoms with Gasteiger partial charge in [-0.15, -0.1) is 0 Å². The van der Waals surface area contributed by atoms with Crippen molar-refractivity contribution in [1.82, 2.24) is 4.90 Å². The summed E-state index contributed by atoms with van der Waals surface area (Å²) in [6.07, 6.45) is 2.55. The molecule has 1 aliphatic heterocycles. The summed E-state index contributed by atoms with van der Waals surface area (Å²) in [5, 5.41) is 1.39. The van der Waals surface area contributed by atoms with Gasteiger partial charge >= 0.3 is 0 Å². The molecule has 1 saturated carbocycles. The molecular formula is C18H20ClNO2. The lowest BCUT2D eigenvalue weighted by atomic mass is 9.95. The quantitative estimate of drug-likeness (QED) is 0.775. The number of hydrogen-bond donors (Lipinski definition) is 0. The Morgan fingerprint density at radius 1 is 1.32 bits per heavy atom.